The maximum atomic E-state index is 8.60. The molecule has 0 aliphatic carbocycles. The summed E-state index contributed by atoms with van der Waals surface area (Å²) in [6, 6.07) is 0. The van der Waals surface area contributed by atoms with Crippen LogP contribution in [0.2, 0.25) is 0 Å². The van der Waals surface area contributed by atoms with Gasteiger partial charge in [0.2, 0.25) is 0 Å². The molecule has 4 N–H and O–H groups in total. The SMILES string of the molecule is N.[AlH3].[O-][Cl+3]([O-])([O-])O. The fourth-order valence-corrected chi connectivity index (χ4v) is 0. The van der Waals surface area contributed by atoms with E-state index in [0.29, 0.717) is 0 Å². The minimum Gasteiger partial charge on any atom is -0.344 e. The Bertz CT molecular complexity index is 27.2. The molecule has 0 aliphatic rings. The highest BCUT2D eigenvalue weighted by atomic mass is 35.7. The van der Waals surface area contributed by atoms with Crippen LogP contribution in [0.15, 0.2) is 0 Å². The van der Waals surface area contributed by atoms with Crippen molar-refractivity contribution in [2.24, 2.45) is 0 Å². The second-order valence-corrected chi connectivity index (χ2v) is 1.19. The summed E-state index contributed by atoms with van der Waals surface area (Å²) in [5.41, 5.74) is 0. The van der Waals surface area contributed by atoms with Gasteiger partial charge in [-0.2, -0.15) is 14.0 Å². The van der Waals surface area contributed by atoms with Crippen LogP contribution in [0.25, 0.3) is 0 Å². The summed E-state index contributed by atoms with van der Waals surface area (Å²) in [6.45, 7) is 0. The van der Waals surface area contributed by atoms with E-state index in [1.165, 1.54) is 0 Å². The van der Waals surface area contributed by atoms with Crippen molar-refractivity contribution in [2.45, 2.75) is 0 Å². The highest BCUT2D eigenvalue weighted by Crippen LogP contribution is 1.60. The highest BCUT2D eigenvalue weighted by molar-refractivity contribution is 5.75. The molecular weight excluding hydrogens is 140 g/mol. The lowest BCUT2D eigenvalue weighted by Crippen LogP contribution is -2.58. The fourth-order valence-electron chi connectivity index (χ4n) is 0. The molecule has 0 atom stereocenters. The first-order chi connectivity index (χ1) is 2.00. The summed E-state index contributed by atoms with van der Waals surface area (Å²) in [5, 5.41) is 0. The summed E-state index contributed by atoms with van der Waals surface area (Å²) < 4.78 is 32.7. The molecule has 0 heterocycles. The zero-order chi connectivity index (χ0) is 4.50. The van der Waals surface area contributed by atoms with Crippen LogP contribution in [0, 0.1) is 10.2 Å². The number of hydrogen-bond donors (Lipinski definition) is 2. The molecule has 0 rings (SSSR count). The summed E-state index contributed by atoms with van der Waals surface area (Å²) >= 11 is 0. The van der Waals surface area contributed by atoms with Crippen molar-refractivity contribution in [1.29, 1.82) is 0 Å². The van der Waals surface area contributed by atoms with Gasteiger partial charge in [-0.05, 0) is 0 Å². The van der Waals surface area contributed by atoms with Crippen LogP contribution in [0.1, 0.15) is 0 Å². The van der Waals surface area contributed by atoms with Crippen LogP contribution >= 0.6 is 0 Å². The van der Waals surface area contributed by atoms with Gasteiger partial charge >= 0.3 is 0 Å². The van der Waals surface area contributed by atoms with Crippen molar-refractivity contribution in [2.75, 3.05) is 0 Å². The summed E-state index contributed by atoms with van der Waals surface area (Å²) in [5.74, 6) is 0. The first-order valence-corrected chi connectivity index (χ1v) is 1.90. The average molecular weight is 147 g/mol. The summed E-state index contributed by atoms with van der Waals surface area (Å²) in [4.78, 5) is 0. The van der Waals surface area contributed by atoms with Crippen molar-refractivity contribution in [3.63, 3.8) is 0 Å². The van der Waals surface area contributed by atoms with Gasteiger partial charge in [0.05, 0.1) is 14.9 Å². The second-order valence-electron chi connectivity index (χ2n) is 0.396. The maximum absolute atomic E-state index is 8.60. The third-order valence-electron chi connectivity index (χ3n) is 0. The van der Waals surface area contributed by atoms with Gasteiger partial charge in [-0.3, -0.25) is 0 Å². The minimum absolute atomic E-state index is 0. The van der Waals surface area contributed by atoms with E-state index in [0.717, 1.165) is 0 Å². The lowest BCUT2D eigenvalue weighted by atomic mass is 14.0. The molecule has 0 aromatic heterocycles. The Labute approximate surface area is 53.0 Å². The van der Waals surface area contributed by atoms with E-state index in [4.69, 9.17) is 18.6 Å². The Hall–Kier alpha value is 0.622. The van der Waals surface area contributed by atoms with E-state index in [9.17, 15) is 0 Å². The maximum Gasteiger partial charge on any atom is 0.187 e. The zero-order valence-corrected chi connectivity index (χ0v) is 3.51. The molecule has 0 radical (unpaired) electrons. The van der Waals surface area contributed by atoms with Crippen molar-refractivity contribution in [3.8, 4) is 0 Å². The molecule has 0 bridgehead atoms. The fraction of sp³-hybridized carbons (Fsp3) is 0. The molecule has 0 spiro atoms. The van der Waals surface area contributed by atoms with Gasteiger partial charge in [-0.25, -0.2) is 0 Å². The van der Waals surface area contributed by atoms with E-state index < -0.39 is 10.2 Å². The van der Waals surface area contributed by atoms with Gasteiger partial charge in [0.15, 0.2) is 17.4 Å². The highest BCUT2D eigenvalue weighted by Gasteiger charge is 1.98. The van der Waals surface area contributed by atoms with Crippen LogP contribution in [-0.4, -0.2) is 22.0 Å². The topological polar surface area (TPSA) is 124 Å². The Balaban J connectivity index is -0.0000000800. The molecule has 0 aromatic rings. The molecule has 0 fully saturated rings. The molecule has 0 saturated heterocycles. The van der Waals surface area contributed by atoms with E-state index in [-0.39, 0.29) is 23.5 Å². The average Bonchev–Trinajstić information content (AvgIpc) is 0.722. The third kappa shape index (κ3) is 365. The molecule has 0 saturated carbocycles. The van der Waals surface area contributed by atoms with Gasteiger partial charge in [-0.1, -0.05) is 0 Å². The van der Waals surface area contributed by atoms with Crippen molar-refractivity contribution < 1.29 is 28.9 Å². The Morgan fingerprint density at radius 2 is 1.14 bits per heavy atom. The van der Waals surface area contributed by atoms with Crippen LogP contribution < -0.4 is 20.1 Å². The van der Waals surface area contributed by atoms with Gasteiger partial charge in [0.25, 0.3) is 0 Å². The molecule has 7 heavy (non-hydrogen) atoms. The Morgan fingerprint density at radius 3 is 1.14 bits per heavy atom. The van der Waals surface area contributed by atoms with Gasteiger partial charge in [0.1, 0.15) is 0 Å². The van der Waals surface area contributed by atoms with E-state index in [1.807, 2.05) is 0 Å². The molecule has 5 nitrogen and oxygen atoms in total. The quantitative estimate of drug-likeness (QED) is 0.332. The first kappa shape index (κ1) is 15.6. The predicted octanol–water partition coefficient (Wildman–Crippen LogP) is -5.15. The van der Waals surface area contributed by atoms with Gasteiger partial charge in [-0.15, -0.1) is 0 Å². The van der Waals surface area contributed by atoms with Crippen LogP contribution in [-0.2, 0) is 0 Å². The predicted molar refractivity (Wildman–Crippen MR) is 17.2 cm³/mol. The summed E-state index contributed by atoms with van der Waals surface area (Å²) in [6.07, 6.45) is 0. The molecule has 0 aromatic carbocycles. The molecular formula is H7AlClNO4. The lowest BCUT2D eigenvalue weighted by molar-refractivity contribution is -1.92. The molecule has 0 unspecified atom stereocenters. The van der Waals surface area contributed by atoms with E-state index >= 15 is 0 Å². The molecule has 0 aliphatic heterocycles. The number of halogens is 1. The Kier molecular flexibility index (Phi) is 10.7. The smallest absolute Gasteiger partial charge is 0.187 e. The summed E-state index contributed by atoms with van der Waals surface area (Å²) in [7, 11) is -4.69. The standard InChI is InChI=1S/Al.ClHO4.H3N.3H/c;2-1(3,4)5;;;;/h;(H,2,3,4,5);1H3;;;. The second kappa shape index (κ2) is 4.77. The van der Waals surface area contributed by atoms with Gasteiger partial charge < -0.3 is 6.15 Å². The lowest BCUT2D eigenvalue weighted by Gasteiger charge is -2.03. The van der Waals surface area contributed by atoms with Crippen molar-refractivity contribution in [1.82, 2.24) is 6.15 Å². The van der Waals surface area contributed by atoms with Gasteiger partial charge in [0, 0.05) is 0 Å². The van der Waals surface area contributed by atoms with Crippen LogP contribution in [0.5, 0.6) is 0 Å². The van der Waals surface area contributed by atoms with Crippen LogP contribution in [0.4, 0.5) is 0 Å². The van der Waals surface area contributed by atoms with Crippen molar-refractivity contribution in [3.05, 3.63) is 0 Å². The molecule has 0 amide bonds. The largest absolute Gasteiger partial charge is 0.344 e. The normalized spacial score (nSPS) is 8.57. The van der Waals surface area contributed by atoms with E-state index in [1.54, 1.807) is 0 Å². The zero-order valence-electron chi connectivity index (χ0n) is 2.76. The minimum atomic E-state index is -4.69. The molecule has 46 valence electrons. The van der Waals surface area contributed by atoms with Crippen molar-refractivity contribution >= 4 is 17.4 Å². The first-order valence-electron chi connectivity index (χ1n) is 0.632. The number of hydrogen-bond acceptors (Lipinski definition) is 5. The monoisotopic (exact) mass is 147 g/mol. The van der Waals surface area contributed by atoms with E-state index in [2.05, 4.69) is 0 Å². The third-order valence-corrected chi connectivity index (χ3v) is 0. The molecule has 7 heteroatoms. The Morgan fingerprint density at radius 1 is 1.14 bits per heavy atom. The van der Waals surface area contributed by atoms with Crippen LogP contribution in [0.3, 0.4) is 0 Å². The number of rotatable bonds is 0.